The molecular weight excluding hydrogens is 216 g/mol. The lowest BCUT2D eigenvalue weighted by Crippen LogP contribution is -2.47. The van der Waals surface area contributed by atoms with Gasteiger partial charge in [0.25, 0.3) is 0 Å². The van der Waals surface area contributed by atoms with Crippen LogP contribution in [-0.2, 0) is 0 Å². The van der Waals surface area contributed by atoms with E-state index in [1.165, 1.54) is 45.4 Å². The normalized spacial score (nSPS) is 32.0. The summed E-state index contributed by atoms with van der Waals surface area (Å²) in [5, 5.41) is 5.77. The molecular formula is C13H20N2S. The minimum atomic E-state index is 0.729. The molecule has 1 N–H and O–H groups in total. The van der Waals surface area contributed by atoms with E-state index in [9.17, 15) is 0 Å². The minimum Gasteiger partial charge on any atom is -0.316 e. The Balaban J connectivity index is 1.78. The Morgan fingerprint density at radius 3 is 2.94 bits per heavy atom. The van der Waals surface area contributed by atoms with Crippen LogP contribution in [0.4, 0.5) is 0 Å². The lowest BCUT2D eigenvalue weighted by atomic mass is 9.91. The highest BCUT2D eigenvalue weighted by atomic mass is 32.1. The molecule has 0 saturated carbocycles. The lowest BCUT2D eigenvalue weighted by Gasteiger charge is -2.38. The summed E-state index contributed by atoms with van der Waals surface area (Å²) in [6.45, 7) is 5.02. The van der Waals surface area contributed by atoms with E-state index in [-0.39, 0.29) is 0 Å². The van der Waals surface area contributed by atoms with Crippen molar-refractivity contribution >= 4 is 11.3 Å². The maximum atomic E-state index is 3.56. The van der Waals surface area contributed by atoms with Crippen molar-refractivity contribution in [1.29, 1.82) is 0 Å². The summed E-state index contributed by atoms with van der Waals surface area (Å²) in [5.41, 5.74) is 0. The molecule has 2 nitrogen and oxygen atoms in total. The fourth-order valence-electron chi connectivity index (χ4n) is 3.15. The highest BCUT2D eigenvalue weighted by Gasteiger charge is 2.32. The Morgan fingerprint density at radius 2 is 2.19 bits per heavy atom. The SMILES string of the molecule is c1csc(C2CNCCC2N2CCCC2)c1. The van der Waals surface area contributed by atoms with Gasteiger partial charge in [0.1, 0.15) is 0 Å². The molecule has 16 heavy (non-hydrogen) atoms. The summed E-state index contributed by atoms with van der Waals surface area (Å²) in [5.74, 6) is 0.729. The van der Waals surface area contributed by atoms with Gasteiger partial charge in [-0.3, -0.25) is 4.90 Å². The zero-order valence-electron chi connectivity index (χ0n) is 9.69. The van der Waals surface area contributed by atoms with Gasteiger partial charge in [-0.2, -0.15) is 0 Å². The summed E-state index contributed by atoms with van der Waals surface area (Å²) in [6.07, 6.45) is 4.13. The van der Waals surface area contributed by atoms with E-state index in [2.05, 4.69) is 27.7 Å². The van der Waals surface area contributed by atoms with Gasteiger partial charge >= 0.3 is 0 Å². The molecule has 2 saturated heterocycles. The van der Waals surface area contributed by atoms with Crippen LogP contribution in [0.1, 0.15) is 30.1 Å². The van der Waals surface area contributed by atoms with Crippen molar-refractivity contribution in [3.63, 3.8) is 0 Å². The van der Waals surface area contributed by atoms with Crippen molar-refractivity contribution in [2.24, 2.45) is 0 Å². The molecule has 2 unspecified atom stereocenters. The second-order valence-electron chi connectivity index (χ2n) is 4.93. The van der Waals surface area contributed by atoms with E-state index in [4.69, 9.17) is 0 Å². The monoisotopic (exact) mass is 236 g/mol. The number of piperidine rings is 1. The van der Waals surface area contributed by atoms with Crippen LogP contribution in [0.2, 0.25) is 0 Å². The second-order valence-corrected chi connectivity index (χ2v) is 5.90. The van der Waals surface area contributed by atoms with Gasteiger partial charge in [-0.1, -0.05) is 6.07 Å². The number of nitrogens with zero attached hydrogens (tertiary/aromatic N) is 1. The van der Waals surface area contributed by atoms with Crippen molar-refractivity contribution in [1.82, 2.24) is 10.2 Å². The Morgan fingerprint density at radius 1 is 1.31 bits per heavy atom. The Kier molecular flexibility index (Phi) is 3.27. The van der Waals surface area contributed by atoms with E-state index in [0.29, 0.717) is 0 Å². The highest BCUT2D eigenvalue weighted by molar-refractivity contribution is 7.10. The van der Waals surface area contributed by atoms with Crippen LogP contribution >= 0.6 is 11.3 Å². The molecule has 3 heteroatoms. The summed E-state index contributed by atoms with van der Waals surface area (Å²) < 4.78 is 0. The van der Waals surface area contributed by atoms with Crippen molar-refractivity contribution in [3.05, 3.63) is 22.4 Å². The van der Waals surface area contributed by atoms with E-state index < -0.39 is 0 Å². The molecule has 2 aliphatic heterocycles. The highest BCUT2D eigenvalue weighted by Crippen LogP contribution is 2.32. The Labute approximate surface area is 102 Å². The topological polar surface area (TPSA) is 15.3 Å². The molecule has 1 aromatic heterocycles. The summed E-state index contributed by atoms with van der Waals surface area (Å²) in [6, 6.07) is 5.29. The maximum absolute atomic E-state index is 3.56. The van der Waals surface area contributed by atoms with Crippen LogP contribution in [0.15, 0.2) is 17.5 Å². The first-order valence-corrected chi connectivity index (χ1v) is 7.31. The molecule has 2 atom stereocenters. The van der Waals surface area contributed by atoms with E-state index >= 15 is 0 Å². The summed E-state index contributed by atoms with van der Waals surface area (Å²) in [7, 11) is 0. The number of likely N-dealkylation sites (tertiary alicyclic amines) is 1. The van der Waals surface area contributed by atoms with Crippen LogP contribution < -0.4 is 5.32 Å². The average molecular weight is 236 g/mol. The molecule has 0 radical (unpaired) electrons. The largest absolute Gasteiger partial charge is 0.316 e. The zero-order valence-corrected chi connectivity index (χ0v) is 10.5. The predicted octanol–water partition coefficient (Wildman–Crippen LogP) is 2.29. The first-order valence-electron chi connectivity index (χ1n) is 6.43. The smallest absolute Gasteiger partial charge is 0.0214 e. The zero-order chi connectivity index (χ0) is 10.8. The molecule has 0 aliphatic carbocycles. The third-order valence-electron chi connectivity index (χ3n) is 3.96. The minimum absolute atomic E-state index is 0.729. The van der Waals surface area contributed by atoms with Gasteiger partial charge in [0.2, 0.25) is 0 Å². The molecule has 2 aliphatic rings. The predicted molar refractivity (Wildman–Crippen MR) is 69.1 cm³/mol. The first kappa shape index (κ1) is 10.8. The third-order valence-corrected chi connectivity index (χ3v) is 4.97. The van der Waals surface area contributed by atoms with Crippen molar-refractivity contribution in [2.45, 2.75) is 31.2 Å². The number of thiophene rings is 1. The van der Waals surface area contributed by atoms with E-state index in [1.54, 1.807) is 4.88 Å². The standard InChI is InChI=1S/C13H20N2S/c1-2-8-15(7-1)12-5-6-14-10-11(12)13-4-3-9-16-13/h3-4,9,11-12,14H,1-2,5-8,10H2. The van der Waals surface area contributed by atoms with Gasteiger partial charge in [0.05, 0.1) is 0 Å². The molecule has 0 spiro atoms. The van der Waals surface area contributed by atoms with Crippen LogP contribution in [0.3, 0.4) is 0 Å². The van der Waals surface area contributed by atoms with Crippen LogP contribution in [0.25, 0.3) is 0 Å². The van der Waals surface area contributed by atoms with Crippen LogP contribution in [0.5, 0.6) is 0 Å². The molecule has 88 valence electrons. The van der Waals surface area contributed by atoms with Crippen LogP contribution in [0, 0.1) is 0 Å². The number of hydrogen-bond acceptors (Lipinski definition) is 3. The molecule has 0 aromatic carbocycles. The van der Waals surface area contributed by atoms with Crippen molar-refractivity contribution in [3.8, 4) is 0 Å². The third kappa shape index (κ3) is 2.04. The number of nitrogens with one attached hydrogen (secondary N) is 1. The fraction of sp³-hybridized carbons (Fsp3) is 0.692. The maximum Gasteiger partial charge on any atom is 0.0214 e. The quantitative estimate of drug-likeness (QED) is 0.847. The number of rotatable bonds is 2. The van der Waals surface area contributed by atoms with Gasteiger partial charge in [-0.05, 0) is 50.3 Å². The summed E-state index contributed by atoms with van der Waals surface area (Å²) in [4.78, 5) is 4.30. The molecule has 0 amide bonds. The van der Waals surface area contributed by atoms with E-state index in [0.717, 1.165) is 12.0 Å². The van der Waals surface area contributed by atoms with Gasteiger partial charge in [0.15, 0.2) is 0 Å². The molecule has 1 aromatic rings. The molecule has 0 bridgehead atoms. The van der Waals surface area contributed by atoms with Crippen molar-refractivity contribution in [2.75, 3.05) is 26.2 Å². The van der Waals surface area contributed by atoms with Gasteiger partial charge in [0, 0.05) is 23.4 Å². The average Bonchev–Trinajstić information content (AvgIpc) is 3.03. The van der Waals surface area contributed by atoms with Gasteiger partial charge < -0.3 is 5.32 Å². The fourth-order valence-corrected chi connectivity index (χ4v) is 4.03. The van der Waals surface area contributed by atoms with Crippen molar-refractivity contribution < 1.29 is 0 Å². The van der Waals surface area contributed by atoms with E-state index in [1.807, 2.05) is 11.3 Å². The van der Waals surface area contributed by atoms with Gasteiger partial charge in [-0.25, -0.2) is 0 Å². The lowest BCUT2D eigenvalue weighted by molar-refractivity contribution is 0.176. The number of hydrogen-bond donors (Lipinski definition) is 1. The molecule has 2 fully saturated rings. The Bertz CT molecular complexity index is 317. The molecule has 3 heterocycles. The summed E-state index contributed by atoms with van der Waals surface area (Å²) >= 11 is 1.93. The second kappa shape index (κ2) is 4.86. The van der Waals surface area contributed by atoms with Crippen LogP contribution in [-0.4, -0.2) is 37.1 Å². The first-order chi connectivity index (χ1) is 7.95. The Hall–Kier alpha value is -0.380. The molecule has 3 rings (SSSR count). The van der Waals surface area contributed by atoms with Gasteiger partial charge in [-0.15, -0.1) is 11.3 Å².